The molecule has 3 atom stereocenters. The van der Waals surface area contributed by atoms with E-state index in [0.717, 1.165) is 0 Å². The number of ether oxygens (including phenoxy) is 2. The Labute approximate surface area is 150 Å². The molecule has 0 bridgehead atoms. The molecule has 0 spiro atoms. The molecule has 0 radical (unpaired) electrons. The van der Waals surface area contributed by atoms with Crippen molar-refractivity contribution < 1.29 is 76.5 Å². The second kappa shape index (κ2) is 6.12. The van der Waals surface area contributed by atoms with Crippen molar-refractivity contribution in [3.8, 4) is 0 Å². The molecule has 1 fully saturated rings. The summed E-state index contributed by atoms with van der Waals surface area (Å²) >= 11 is 0. The lowest BCUT2D eigenvalue weighted by molar-refractivity contribution is -0.575. The maximum atomic E-state index is 14.3. The summed E-state index contributed by atoms with van der Waals surface area (Å²) in [4.78, 5) is 11.0. The normalized spacial score (nSPS) is 35.1. The third-order valence-electron chi connectivity index (χ3n) is 4.00. The van der Waals surface area contributed by atoms with Crippen molar-refractivity contribution in [2.75, 3.05) is 0 Å². The van der Waals surface area contributed by atoms with E-state index in [9.17, 15) is 61.9 Å². The van der Waals surface area contributed by atoms with Gasteiger partial charge in [-0.2, -0.15) is 57.1 Å². The fourth-order valence-corrected chi connectivity index (χ4v) is 2.35. The molecule has 29 heavy (non-hydrogen) atoms. The predicted molar refractivity (Wildman–Crippen MR) is 61.5 cm³/mol. The van der Waals surface area contributed by atoms with Gasteiger partial charge in [0.15, 0.2) is 0 Å². The van der Waals surface area contributed by atoms with E-state index in [2.05, 4.69) is 16.1 Å². The number of hydrogen-bond donors (Lipinski definition) is 1. The van der Waals surface area contributed by atoms with Crippen LogP contribution in [0.3, 0.4) is 0 Å². The highest BCUT2D eigenvalue weighted by Gasteiger charge is 3.01. The number of aliphatic hydroxyl groups is 1. The number of alkyl halides is 13. The van der Waals surface area contributed by atoms with Gasteiger partial charge in [0, 0.05) is 6.08 Å². The van der Waals surface area contributed by atoms with Gasteiger partial charge in [-0.05, 0) is 6.92 Å². The van der Waals surface area contributed by atoms with Crippen molar-refractivity contribution in [1.29, 1.82) is 0 Å². The van der Waals surface area contributed by atoms with Crippen molar-refractivity contribution in [2.45, 2.75) is 54.3 Å². The van der Waals surface area contributed by atoms with Gasteiger partial charge in [-0.3, -0.25) is 0 Å². The first-order valence-electron chi connectivity index (χ1n) is 6.65. The highest BCUT2D eigenvalue weighted by molar-refractivity contribution is 5.81. The zero-order valence-electron chi connectivity index (χ0n) is 13.4. The van der Waals surface area contributed by atoms with Crippen LogP contribution in [0, 0.1) is 0 Å². The van der Waals surface area contributed by atoms with Gasteiger partial charge in [0.05, 0.1) is 0 Å². The Morgan fingerprint density at radius 3 is 1.59 bits per heavy atom. The molecule has 1 aliphatic rings. The summed E-state index contributed by atoms with van der Waals surface area (Å²) in [5, 5.41) is 9.12. The molecular formula is C12H7F13O4. The lowest BCUT2D eigenvalue weighted by Gasteiger charge is -2.58. The first kappa shape index (κ1) is 25.3. The molecule has 0 amide bonds. The summed E-state index contributed by atoms with van der Waals surface area (Å²) in [6, 6.07) is 0. The van der Waals surface area contributed by atoms with E-state index in [1.54, 1.807) is 0 Å². The van der Waals surface area contributed by atoms with E-state index in [0.29, 0.717) is 0 Å². The van der Waals surface area contributed by atoms with E-state index in [-0.39, 0.29) is 0 Å². The third-order valence-corrected chi connectivity index (χ3v) is 4.00. The molecule has 170 valence electrons. The standard InChI is InChI=1S/C12H7F13O4/c1-3-4(26)28-9(12(23,24)25)8(15,16)6(27,11(20,21)22)7(13,14)5(2,29-9)10(17,18)19/h3,27H,1H2,2H3. The van der Waals surface area contributed by atoms with Gasteiger partial charge in [-0.15, -0.1) is 0 Å². The Kier molecular flexibility index (Phi) is 5.33. The SMILES string of the molecule is C=CC(=O)OC1(C(F)(F)F)OC(C)(C(F)(F)F)C(F)(F)C(O)(C(F)(F)F)C1(F)F. The van der Waals surface area contributed by atoms with Crippen LogP contribution in [0.5, 0.6) is 0 Å². The van der Waals surface area contributed by atoms with Crippen LogP contribution in [-0.4, -0.2) is 58.4 Å². The average molecular weight is 462 g/mol. The molecule has 0 aromatic carbocycles. The van der Waals surface area contributed by atoms with Crippen molar-refractivity contribution >= 4 is 5.97 Å². The topological polar surface area (TPSA) is 55.8 Å². The van der Waals surface area contributed by atoms with Crippen LogP contribution in [0.25, 0.3) is 0 Å². The van der Waals surface area contributed by atoms with Gasteiger partial charge in [-0.1, -0.05) is 6.58 Å². The van der Waals surface area contributed by atoms with Crippen LogP contribution in [-0.2, 0) is 14.3 Å². The van der Waals surface area contributed by atoms with E-state index in [4.69, 9.17) is 5.11 Å². The van der Waals surface area contributed by atoms with Crippen molar-refractivity contribution in [1.82, 2.24) is 0 Å². The monoisotopic (exact) mass is 462 g/mol. The molecule has 0 aromatic rings. The third kappa shape index (κ3) is 2.79. The van der Waals surface area contributed by atoms with Crippen LogP contribution >= 0.6 is 0 Å². The lowest BCUT2D eigenvalue weighted by atomic mass is 9.71. The van der Waals surface area contributed by atoms with Gasteiger partial charge < -0.3 is 14.6 Å². The second-order valence-electron chi connectivity index (χ2n) is 5.73. The van der Waals surface area contributed by atoms with Gasteiger partial charge in [0.25, 0.3) is 5.60 Å². The molecule has 4 nitrogen and oxygen atoms in total. The summed E-state index contributed by atoms with van der Waals surface area (Å²) < 4.78 is 181. The molecule has 1 aliphatic heterocycles. The molecule has 17 heteroatoms. The van der Waals surface area contributed by atoms with E-state index < -0.39 is 66.3 Å². The molecule has 1 heterocycles. The van der Waals surface area contributed by atoms with Crippen molar-refractivity contribution in [3.63, 3.8) is 0 Å². The first-order chi connectivity index (χ1) is 12.4. The summed E-state index contributed by atoms with van der Waals surface area (Å²) in [7, 11) is 0. The minimum Gasteiger partial charge on any atom is -0.415 e. The molecule has 0 aromatic heterocycles. The minimum atomic E-state index is -7.53. The smallest absolute Gasteiger partial charge is 0.415 e. The largest absolute Gasteiger partial charge is 0.462 e. The fraction of sp³-hybridized carbons (Fsp3) is 0.750. The zero-order chi connectivity index (χ0) is 23.7. The number of carbonyl (C=O) groups is 1. The quantitative estimate of drug-likeness (QED) is 0.385. The second-order valence-corrected chi connectivity index (χ2v) is 5.73. The van der Waals surface area contributed by atoms with Gasteiger partial charge in [-0.25, -0.2) is 4.79 Å². The number of carbonyl (C=O) groups excluding carboxylic acids is 1. The van der Waals surface area contributed by atoms with E-state index in [1.165, 1.54) is 0 Å². The lowest BCUT2D eigenvalue weighted by Crippen LogP contribution is -2.90. The highest BCUT2D eigenvalue weighted by atomic mass is 19.4. The minimum absolute atomic E-state index is 0.419. The Morgan fingerprint density at radius 1 is 0.897 bits per heavy atom. The maximum Gasteiger partial charge on any atom is 0.462 e. The van der Waals surface area contributed by atoms with Crippen LogP contribution < -0.4 is 0 Å². The summed E-state index contributed by atoms with van der Waals surface area (Å²) in [6.07, 6.45) is -22.1. The predicted octanol–water partition coefficient (Wildman–Crippen LogP) is 3.89. The molecule has 0 aliphatic carbocycles. The Balaban J connectivity index is 4.23. The summed E-state index contributed by atoms with van der Waals surface area (Å²) in [6.45, 7) is 1.22. The summed E-state index contributed by atoms with van der Waals surface area (Å²) in [5.41, 5.74) is -13.4. The number of esters is 1. The number of halogens is 13. The van der Waals surface area contributed by atoms with Gasteiger partial charge in [0.2, 0.25) is 5.60 Å². The van der Waals surface area contributed by atoms with Crippen LogP contribution in [0.2, 0.25) is 0 Å². The Morgan fingerprint density at radius 2 is 1.31 bits per heavy atom. The molecule has 3 unspecified atom stereocenters. The maximum absolute atomic E-state index is 14.3. The van der Waals surface area contributed by atoms with Crippen LogP contribution in [0.4, 0.5) is 57.1 Å². The zero-order valence-corrected chi connectivity index (χ0v) is 13.4. The average Bonchev–Trinajstić information content (AvgIpc) is 2.47. The first-order valence-corrected chi connectivity index (χ1v) is 6.65. The Bertz CT molecular complexity index is 693. The molecule has 1 rings (SSSR count). The van der Waals surface area contributed by atoms with Crippen LogP contribution in [0.1, 0.15) is 6.92 Å². The molecule has 1 saturated heterocycles. The molecule has 1 N–H and O–H groups in total. The fourth-order valence-electron chi connectivity index (χ4n) is 2.35. The van der Waals surface area contributed by atoms with Crippen LogP contribution in [0.15, 0.2) is 12.7 Å². The van der Waals surface area contributed by atoms with Gasteiger partial charge >= 0.3 is 42.1 Å². The van der Waals surface area contributed by atoms with Crippen molar-refractivity contribution in [2.24, 2.45) is 0 Å². The van der Waals surface area contributed by atoms with E-state index in [1.807, 2.05) is 0 Å². The Hall–Kier alpha value is -1.78. The molecular weight excluding hydrogens is 455 g/mol. The number of hydrogen-bond acceptors (Lipinski definition) is 4. The summed E-state index contributed by atoms with van der Waals surface area (Å²) in [5.74, 6) is -24.0. The van der Waals surface area contributed by atoms with E-state index >= 15 is 0 Å². The molecule has 0 saturated carbocycles. The number of rotatable bonds is 2. The highest BCUT2D eigenvalue weighted by Crippen LogP contribution is 2.69. The van der Waals surface area contributed by atoms with Crippen molar-refractivity contribution in [3.05, 3.63) is 12.7 Å². The van der Waals surface area contributed by atoms with Gasteiger partial charge in [0.1, 0.15) is 0 Å².